The number of carbonyl (C=O) groups excluding carboxylic acids is 1. The Kier molecular flexibility index (Phi) is 7.12. The third-order valence-corrected chi connectivity index (χ3v) is 5.29. The minimum Gasteiger partial charge on any atom is -0.388 e. The van der Waals surface area contributed by atoms with E-state index in [0.717, 1.165) is 45.3 Å². The Labute approximate surface area is 162 Å². The van der Waals surface area contributed by atoms with Gasteiger partial charge in [0.15, 0.2) is 0 Å². The number of hydrogen-bond acceptors (Lipinski definition) is 5. The number of piperidine rings is 1. The van der Waals surface area contributed by atoms with E-state index in [1.165, 1.54) is 6.07 Å². The van der Waals surface area contributed by atoms with Crippen LogP contribution in [-0.2, 0) is 9.53 Å². The lowest BCUT2D eigenvalue weighted by molar-refractivity contribution is -0.276. The van der Waals surface area contributed by atoms with Gasteiger partial charge in [0.25, 0.3) is 0 Å². The molecule has 1 amide bonds. The number of rotatable bonds is 6. The number of nitrogens with one attached hydrogen (secondary N) is 1. The largest absolute Gasteiger partial charge is 0.574 e. The predicted molar refractivity (Wildman–Crippen MR) is 95.9 cm³/mol. The monoisotopic (exact) mass is 401 g/mol. The number of likely N-dealkylation sites (tertiary alicyclic amines) is 1. The molecule has 2 aliphatic rings. The summed E-state index contributed by atoms with van der Waals surface area (Å²) in [6, 6.07) is 4.51. The normalized spacial score (nSPS) is 20.1. The summed E-state index contributed by atoms with van der Waals surface area (Å²) in [4.78, 5) is 18.4. The summed E-state index contributed by atoms with van der Waals surface area (Å²) in [6.07, 6.45) is -1.54. The van der Waals surface area contributed by atoms with Crippen molar-refractivity contribution in [3.05, 3.63) is 23.9 Å². The van der Waals surface area contributed by atoms with Crippen LogP contribution in [-0.4, -0.2) is 61.5 Å². The molecule has 2 aliphatic heterocycles. The Morgan fingerprint density at radius 3 is 2.61 bits per heavy atom. The zero-order valence-electron chi connectivity index (χ0n) is 15.7. The van der Waals surface area contributed by atoms with E-state index in [1.807, 2.05) is 0 Å². The molecule has 0 unspecified atom stereocenters. The van der Waals surface area contributed by atoms with Crippen molar-refractivity contribution in [2.45, 2.75) is 38.0 Å². The molecule has 9 heteroatoms. The highest BCUT2D eigenvalue weighted by atomic mass is 19.4. The number of amides is 1. The fourth-order valence-electron chi connectivity index (χ4n) is 3.73. The summed E-state index contributed by atoms with van der Waals surface area (Å²) in [5, 5.41) is 3.00. The maximum absolute atomic E-state index is 12.4. The number of pyridine rings is 1. The molecule has 1 aromatic rings. The Bertz CT molecular complexity index is 643. The molecule has 2 fully saturated rings. The molecule has 0 saturated carbocycles. The molecule has 0 atom stereocenters. The number of carbonyl (C=O) groups is 1. The maximum atomic E-state index is 12.4. The number of ether oxygens (including phenoxy) is 2. The first-order valence-electron chi connectivity index (χ1n) is 9.71. The van der Waals surface area contributed by atoms with E-state index in [1.54, 1.807) is 12.1 Å². The molecule has 28 heavy (non-hydrogen) atoms. The topological polar surface area (TPSA) is 63.7 Å². The summed E-state index contributed by atoms with van der Waals surface area (Å²) in [6.45, 7) is 4.32. The van der Waals surface area contributed by atoms with Crippen molar-refractivity contribution in [3.63, 3.8) is 0 Å². The SMILES string of the molecule is O=C(NCCN1CCC(c2cccc(OC(F)(F)F)n2)CC1)C1CCOCC1. The van der Waals surface area contributed by atoms with Gasteiger partial charge in [0.05, 0.1) is 0 Å². The van der Waals surface area contributed by atoms with E-state index in [2.05, 4.69) is 19.9 Å². The van der Waals surface area contributed by atoms with Crippen LogP contribution < -0.4 is 10.1 Å². The Hall–Kier alpha value is -1.87. The van der Waals surface area contributed by atoms with Crippen molar-refractivity contribution in [1.82, 2.24) is 15.2 Å². The van der Waals surface area contributed by atoms with Crippen molar-refractivity contribution < 1.29 is 27.4 Å². The highest BCUT2D eigenvalue weighted by molar-refractivity contribution is 5.78. The van der Waals surface area contributed by atoms with Crippen LogP contribution in [0.1, 0.15) is 37.3 Å². The first-order chi connectivity index (χ1) is 13.4. The number of nitrogens with zero attached hydrogens (tertiary/aromatic N) is 2. The van der Waals surface area contributed by atoms with Gasteiger partial charge in [0.1, 0.15) is 0 Å². The summed E-state index contributed by atoms with van der Waals surface area (Å²) in [5.74, 6) is -0.145. The van der Waals surface area contributed by atoms with Crippen LogP contribution in [0.3, 0.4) is 0 Å². The molecular weight excluding hydrogens is 375 g/mol. The van der Waals surface area contributed by atoms with Gasteiger partial charge in [-0.25, -0.2) is 4.98 Å². The lowest BCUT2D eigenvalue weighted by Crippen LogP contribution is -2.41. The van der Waals surface area contributed by atoms with Crippen LogP contribution in [0.15, 0.2) is 18.2 Å². The van der Waals surface area contributed by atoms with Gasteiger partial charge in [-0.3, -0.25) is 4.79 Å². The van der Waals surface area contributed by atoms with E-state index in [-0.39, 0.29) is 17.7 Å². The quantitative estimate of drug-likeness (QED) is 0.794. The second-order valence-corrected chi connectivity index (χ2v) is 7.24. The van der Waals surface area contributed by atoms with Gasteiger partial charge in [0.2, 0.25) is 11.8 Å². The molecule has 2 saturated heterocycles. The van der Waals surface area contributed by atoms with Gasteiger partial charge >= 0.3 is 6.36 Å². The molecule has 1 N–H and O–H groups in total. The number of halogens is 3. The summed E-state index contributed by atoms with van der Waals surface area (Å²) in [5.41, 5.74) is 0.634. The first kappa shape index (κ1) is 20.9. The van der Waals surface area contributed by atoms with Crippen LogP contribution in [0.5, 0.6) is 5.88 Å². The average molecular weight is 401 g/mol. The van der Waals surface area contributed by atoms with Crippen LogP contribution in [0.25, 0.3) is 0 Å². The van der Waals surface area contributed by atoms with Gasteiger partial charge < -0.3 is 19.7 Å². The molecule has 0 spiro atoms. The second-order valence-electron chi connectivity index (χ2n) is 7.24. The van der Waals surface area contributed by atoms with Gasteiger partial charge in [-0.1, -0.05) is 6.07 Å². The van der Waals surface area contributed by atoms with E-state index < -0.39 is 12.2 Å². The van der Waals surface area contributed by atoms with E-state index in [4.69, 9.17) is 4.74 Å². The lowest BCUT2D eigenvalue weighted by Gasteiger charge is -2.32. The van der Waals surface area contributed by atoms with Crippen LogP contribution >= 0.6 is 0 Å². The first-order valence-corrected chi connectivity index (χ1v) is 9.71. The van der Waals surface area contributed by atoms with Gasteiger partial charge in [0, 0.05) is 49.9 Å². The molecule has 0 radical (unpaired) electrons. The predicted octanol–water partition coefficient (Wildman–Crippen LogP) is 2.70. The molecular formula is C19H26F3N3O3. The molecule has 0 bridgehead atoms. The summed E-state index contributed by atoms with van der Waals surface area (Å²) >= 11 is 0. The number of alkyl halides is 3. The minimum atomic E-state index is -4.73. The van der Waals surface area contributed by atoms with Crippen molar-refractivity contribution in [2.24, 2.45) is 5.92 Å². The summed E-state index contributed by atoms with van der Waals surface area (Å²) in [7, 11) is 0. The molecule has 1 aromatic heterocycles. The lowest BCUT2D eigenvalue weighted by atomic mass is 9.93. The average Bonchev–Trinajstić information content (AvgIpc) is 2.68. The van der Waals surface area contributed by atoms with Crippen molar-refractivity contribution in [1.29, 1.82) is 0 Å². The highest BCUT2D eigenvalue weighted by Gasteiger charge is 2.32. The number of hydrogen-bond donors (Lipinski definition) is 1. The third-order valence-electron chi connectivity index (χ3n) is 5.29. The molecule has 6 nitrogen and oxygen atoms in total. The third kappa shape index (κ3) is 6.34. The molecule has 3 rings (SSSR count). The van der Waals surface area contributed by atoms with E-state index in [0.29, 0.717) is 25.5 Å². The summed E-state index contributed by atoms with van der Waals surface area (Å²) < 4.78 is 46.2. The fraction of sp³-hybridized carbons (Fsp3) is 0.684. The van der Waals surface area contributed by atoms with Crippen LogP contribution in [0.2, 0.25) is 0 Å². The Morgan fingerprint density at radius 2 is 1.93 bits per heavy atom. The smallest absolute Gasteiger partial charge is 0.388 e. The maximum Gasteiger partial charge on any atom is 0.574 e. The fourth-order valence-corrected chi connectivity index (χ4v) is 3.73. The molecule has 3 heterocycles. The molecule has 0 aliphatic carbocycles. The molecule has 0 aromatic carbocycles. The van der Waals surface area contributed by atoms with Crippen molar-refractivity contribution in [2.75, 3.05) is 39.4 Å². The van der Waals surface area contributed by atoms with Gasteiger partial charge in [-0.2, -0.15) is 0 Å². The van der Waals surface area contributed by atoms with Crippen LogP contribution in [0, 0.1) is 5.92 Å². The van der Waals surface area contributed by atoms with Gasteiger partial charge in [-0.15, -0.1) is 13.2 Å². The zero-order chi connectivity index (χ0) is 20.0. The van der Waals surface area contributed by atoms with Crippen LogP contribution in [0.4, 0.5) is 13.2 Å². The Morgan fingerprint density at radius 1 is 1.21 bits per heavy atom. The highest BCUT2D eigenvalue weighted by Crippen LogP contribution is 2.29. The van der Waals surface area contributed by atoms with Gasteiger partial charge in [-0.05, 0) is 44.8 Å². The standard InChI is InChI=1S/C19H26F3N3O3/c20-19(21,22)28-17-3-1-2-16(24-17)14-4-9-25(10-5-14)11-8-23-18(26)15-6-12-27-13-7-15/h1-3,14-15H,4-13H2,(H,23,26). The second kappa shape index (κ2) is 9.56. The minimum absolute atomic E-state index is 0.0526. The van der Waals surface area contributed by atoms with Crippen molar-refractivity contribution >= 4 is 5.91 Å². The van der Waals surface area contributed by atoms with Crippen molar-refractivity contribution in [3.8, 4) is 5.88 Å². The van der Waals surface area contributed by atoms with E-state index >= 15 is 0 Å². The Balaban J connectivity index is 1.39. The number of aromatic nitrogens is 1. The zero-order valence-corrected chi connectivity index (χ0v) is 15.7. The van der Waals surface area contributed by atoms with E-state index in [9.17, 15) is 18.0 Å². The molecule has 156 valence electrons.